The molecular weight excluding hydrogens is 895 g/mol. The number of carbonyl (C=O) groups is 2. The van der Waals surface area contributed by atoms with Gasteiger partial charge in [0, 0.05) is 25.5 Å². The van der Waals surface area contributed by atoms with Crippen molar-refractivity contribution in [3.05, 3.63) is 59.7 Å². The molecule has 0 radical (unpaired) electrons. The smallest absolute Gasteiger partial charge is 0.407 e. The average molecular weight is 980 g/mol. The van der Waals surface area contributed by atoms with E-state index in [0.29, 0.717) is 185 Å². The predicted molar refractivity (Wildman–Crippen MR) is 261 cm³/mol. The predicted octanol–water partition coefficient (Wildman–Crippen LogP) is 6.80. The largest absolute Gasteiger partial charge is 0.463 e. The van der Waals surface area contributed by atoms with Gasteiger partial charge in [0.1, 0.15) is 13.2 Å². The molecule has 1 amide bonds. The van der Waals surface area contributed by atoms with Crippen LogP contribution in [0.2, 0.25) is 0 Å². The Kier molecular flexibility index (Phi) is 38.8. The average Bonchev–Trinajstić information content (AvgIpc) is 3.69. The van der Waals surface area contributed by atoms with Gasteiger partial charge >= 0.3 is 12.1 Å². The third kappa shape index (κ3) is 32.3. The van der Waals surface area contributed by atoms with Gasteiger partial charge in [-0.25, -0.2) is 4.79 Å². The highest BCUT2D eigenvalue weighted by Crippen LogP contribution is 2.44. The van der Waals surface area contributed by atoms with E-state index in [-0.39, 0.29) is 18.5 Å². The zero-order chi connectivity index (χ0) is 48.8. The van der Waals surface area contributed by atoms with Gasteiger partial charge < -0.3 is 71.6 Å². The highest BCUT2D eigenvalue weighted by atomic mass is 16.6. The molecule has 3 rings (SSSR count). The molecule has 0 unspecified atom stereocenters. The fraction of sp³-hybridized carbons (Fsp3) is 0.731. The summed E-state index contributed by atoms with van der Waals surface area (Å²) in [5.74, 6) is -0.101. The lowest BCUT2D eigenvalue weighted by atomic mass is 9.98. The van der Waals surface area contributed by atoms with E-state index in [1.807, 2.05) is 24.3 Å². The Balaban J connectivity index is 0.898. The highest BCUT2D eigenvalue weighted by molar-refractivity contribution is 5.79. The first-order valence-electron chi connectivity index (χ1n) is 25.4. The molecular formula is C52H85NO16. The van der Waals surface area contributed by atoms with Crippen molar-refractivity contribution in [2.45, 2.75) is 70.6 Å². The molecule has 1 aliphatic rings. The summed E-state index contributed by atoms with van der Waals surface area (Å²) in [5.41, 5.74) is 4.80. The van der Waals surface area contributed by atoms with Crippen LogP contribution in [-0.2, 0) is 71.1 Å². The molecule has 0 aliphatic heterocycles. The minimum absolute atomic E-state index is 0.0444. The van der Waals surface area contributed by atoms with E-state index in [1.54, 1.807) is 0 Å². The van der Waals surface area contributed by atoms with Crippen LogP contribution in [-0.4, -0.2) is 190 Å². The summed E-state index contributed by atoms with van der Waals surface area (Å²) in [6.07, 6.45) is 9.01. The third-order valence-electron chi connectivity index (χ3n) is 10.6. The summed E-state index contributed by atoms with van der Waals surface area (Å²) in [7, 11) is 0. The fourth-order valence-electron chi connectivity index (χ4n) is 7.05. The third-order valence-corrected chi connectivity index (χ3v) is 10.6. The molecule has 0 fully saturated rings. The van der Waals surface area contributed by atoms with Crippen molar-refractivity contribution in [2.75, 3.05) is 178 Å². The fourth-order valence-corrected chi connectivity index (χ4v) is 7.05. The van der Waals surface area contributed by atoms with Crippen LogP contribution in [0.3, 0.4) is 0 Å². The first-order valence-corrected chi connectivity index (χ1v) is 25.4. The van der Waals surface area contributed by atoms with Crippen molar-refractivity contribution in [1.82, 2.24) is 5.32 Å². The van der Waals surface area contributed by atoms with Crippen molar-refractivity contribution >= 4 is 12.1 Å². The first kappa shape index (κ1) is 60.0. The quantitative estimate of drug-likeness (QED) is 0.0541. The van der Waals surface area contributed by atoms with Crippen molar-refractivity contribution in [3.8, 4) is 11.1 Å². The van der Waals surface area contributed by atoms with Gasteiger partial charge in [-0.3, -0.25) is 4.79 Å². The van der Waals surface area contributed by atoms with Gasteiger partial charge in [0.2, 0.25) is 0 Å². The van der Waals surface area contributed by atoms with Crippen molar-refractivity contribution < 1.29 is 75.9 Å². The second kappa shape index (κ2) is 44.6. The van der Waals surface area contributed by atoms with Crippen molar-refractivity contribution in [1.29, 1.82) is 0 Å². The minimum Gasteiger partial charge on any atom is -0.463 e. The Labute approximate surface area is 412 Å². The number of alkyl carbamates (subject to hydrolysis) is 1. The Morgan fingerprint density at radius 3 is 1.12 bits per heavy atom. The van der Waals surface area contributed by atoms with Crippen LogP contribution in [0.25, 0.3) is 11.1 Å². The van der Waals surface area contributed by atoms with Crippen LogP contribution in [0.4, 0.5) is 4.79 Å². The van der Waals surface area contributed by atoms with Gasteiger partial charge in [-0.15, -0.1) is 0 Å². The van der Waals surface area contributed by atoms with Crippen LogP contribution >= 0.6 is 0 Å². The molecule has 0 bridgehead atoms. The second-order valence-corrected chi connectivity index (χ2v) is 16.0. The number of hydrogen-bond donors (Lipinski definition) is 1. The molecule has 394 valence electrons. The van der Waals surface area contributed by atoms with E-state index in [0.717, 1.165) is 12.8 Å². The summed E-state index contributed by atoms with van der Waals surface area (Å²) in [6.45, 7) is 14.7. The van der Waals surface area contributed by atoms with Gasteiger partial charge in [-0.2, -0.15) is 0 Å². The van der Waals surface area contributed by atoms with E-state index in [2.05, 4.69) is 36.5 Å². The Bertz CT molecular complexity index is 1460. The molecule has 1 aliphatic carbocycles. The Hall–Kier alpha value is -3.30. The number of carbonyl (C=O) groups excluding carboxylic acids is 2. The van der Waals surface area contributed by atoms with Crippen molar-refractivity contribution in [3.63, 3.8) is 0 Å². The molecule has 0 saturated carbocycles. The van der Waals surface area contributed by atoms with Gasteiger partial charge in [-0.1, -0.05) is 94.0 Å². The molecule has 17 heteroatoms. The Morgan fingerprint density at radius 1 is 0.391 bits per heavy atom. The summed E-state index contributed by atoms with van der Waals surface area (Å²) >= 11 is 0. The molecule has 0 spiro atoms. The molecule has 17 nitrogen and oxygen atoms in total. The number of esters is 1. The standard InChI is InChI=1S/C52H85NO16/c1-2-3-4-5-6-7-8-18-51(54)68-44-43-67-42-41-66-40-39-65-38-37-64-36-35-63-34-33-62-32-31-61-30-29-60-28-27-59-26-25-58-24-23-57-22-21-56-20-13-19-53-52(55)69-45-50-48-16-11-9-14-46(48)47-15-10-12-17-49(47)50/h9-12,14-17,50H,2-8,13,18-45H2,1H3,(H,53,55). The summed E-state index contributed by atoms with van der Waals surface area (Å²) in [6, 6.07) is 16.6. The summed E-state index contributed by atoms with van der Waals surface area (Å²) in [5, 5.41) is 2.81. The van der Waals surface area contributed by atoms with E-state index >= 15 is 0 Å². The van der Waals surface area contributed by atoms with Crippen LogP contribution < -0.4 is 5.32 Å². The Morgan fingerprint density at radius 2 is 0.725 bits per heavy atom. The van der Waals surface area contributed by atoms with Crippen LogP contribution in [0, 0.1) is 0 Å². The zero-order valence-electron chi connectivity index (χ0n) is 41.7. The maximum atomic E-state index is 12.3. The number of nitrogens with one attached hydrogen (secondary N) is 1. The number of amides is 1. The number of fused-ring (bicyclic) bond motifs is 3. The highest BCUT2D eigenvalue weighted by Gasteiger charge is 2.29. The first-order chi connectivity index (χ1) is 34.2. The van der Waals surface area contributed by atoms with E-state index < -0.39 is 6.09 Å². The van der Waals surface area contributed by atoms with Gasteiger partial charge in [0.05, 0.1) is 152 Å². The minimum atomic E-state index is -0.419. The monoisotopic (exact) mass is 980 g/mol. The molecule has 2 aromatic rings. The number of unbranched alkanes of at least 4 members (excludes halogenated alkanes) is 6. The SMILES string of the molecule is CCCCCCCCCC(=O)OCCOCCOCCOCCOCCOCCOCCOCCOCCOCCOCCOCCOCCCNC(=O)OCC1c2ccccc2-c2ccccc21. The maximum absolute atomic E-state index is 12.3. The normalized spacial score (nSPS) is 12.1. The molecule has 0 atom stereocenters. The number of benzene rings is 2. The molecule has 2 aromatic carbocycles. The van der Waals surface area contributed by atoms with E-state index in [9.17, 15) is 9.59 Å². The van der Waals surface area contributed by atoms with Crippen molar-refractivity contribution in [2.24, 2.45) is 0 Å². The van der Waals surface area contributed by atoms with Gasteiger partial charge in [0.15, 0.2) is 0 Å². The molecule has 0 aromatic heterocycles. The van der Waals surface area contributed by atoms with Crippen LogP contribution in [0.15, 0.2) is 48.5 Å². The second-order valence-electron chi connectivity index (χ2n) is 16.0. The molecule has 0 saturated heterocycles. The zero-order valence-corrected chi connectivity index (χ0v) is 41.7. The van der Waals surface area contributed by atoms with Gasteiger partial charge in [0.25, 0.3) is 0 Å². The lowest BCUT2D eigenvalue weighted by molar-refractivity contribution is -0.145. The number of hydrogen-bond acceptors (Lipinski definition) is 16. The lowest BCUT2D eigenvalue weighted by Gasteiger charge is -2.14. The van der Waals surface area contributed by atoms with Crippen LogP contribution in [0.1, 0.15) is 81.8 Å². The maximum Gasteiger partial charge on any atom is 0.407 e. The van der Waals surface area contributed by atoms with Crippen LogP contribution in [0.5, 0.6) is 0 Å². The van der Waals surface area contributed by atoms with E-state index in [1.165, 1.54) is 54.4 Å². The molecule has 0 heterocycles. The summed E-state index contributed by atoms with van der Waals surface area (Å²) in [4.78, 5) is 24.1. The molecule has 1 N–H and O–H groups in total. The lowest BCUT2D eigenvalue weighted by Crippen LogP contribution is -2.27. The number of rotatable bonds is 50. The number of ether oxygens (including phenoxy) is 14. The van der Waals surface area contributed by atoms with Gasteiger partial charge in [-0.05, 0) is 35.1 Å². The van der Waals surface area contributed by atoms with E-state index in [4.69, 9.17) is 66.3 Å². The topological polar surface area (TPSA) is 175 Å². The summed E-state index contributed by atoms with van der Waals surface area (Å²) < 4.78 is 77.0. The molecule has 69 heavy (non-hydrogen) atoms.